The summed E-state index contributed by atoms with van der Waals surface area (Å²) in [5, 5.41) is 6.15. The van der Waals surface area contributed by atoms with Crippen LogP contribution in [0.15, 0.2) is 0 Å². The summed E-state index contributed by atoms with van der Waals surface area (Å²) in [6, 6.07) is -0.129. The minimum absolute atomic E-state index is 0.0817. The summed E-state index contributed by atoms with van der Waals surface area (Å²) < 4.78 is 17.4. The molecule has 1 aliphatic heterocycles. The van der Waals surface area contributed by atoms with Gasteiger partial charge in [-0.3, -0.25) is 14.4 Å². The fraction of sp³-hybridized carbons (Fsp3) is 0.909. The molecule has 8 heteroatoms. The van der Waals surface area contributed by atoms with E-state index in [2.05, 4.69) is 17.6 Å². The first kappa shape index (κ1) is 33.8. The third-order valence-corrected chi connectivity index (χ3v) is 9.37. The molecule has 0 aromatic carbocycles. The monoisotopic (exact) mass is 578 g/mol. The maximum absolute atomic E-state index is 13.6. The number of carbonyl (C=O) groups is 3. The summed E-state index contributed by atoms with van der Waals surface area (Å²) >= 11 is 0. The molecule has 3 fully saturated rings. The van der Waals surface area contributed by atoms with Gasteiger partial charge in [0.2, 0.25) is 11.8 Å². The molecule has 0 aromatic heterocycles. The summed E-state index contributed by atoms with van der Waals surface area (Å²) in [6.07, 6.45) is 16.9. The Bertz CT molecular complexity index is 851. The van der Waals surface area contributed by atoms with Gasteiger partial charge in [-0.05, 0) is 52.4 Å². The maximum atomic E-state index is 13.6. The van der Waals surface area contributed by atoms with Crippen molar-refractivity contribution in [2.45, 2.75) is 168 Å². The molecule has 2 aliphatic carbocycles. The minimum atomic E-state index is -0.830. The van der Waals surface area contributed by atoms with Gasteiger partial charge in [0.15, 0.2) is 5.79 Å². The van der Waals surface area contributed by atoms with Gasteiger partial charge in [-0.1, -0.05) is 85.0 Å². The number of unbranched alkanes of at least 4 members (excludes halogenated alkanes) is 7. The third kappa shape index (κ3) is 10.2. The van der Waals surface area contributed by atoms with Crippen LogP contribution in [-0.2, 0) is 28.6 Å². The highest BCUT2D eigenvalue weighted by atomic mass is 16.7. The average molecular weight is 579 g/mol. The lowest BCUT2D eigenvalue weighted by atomic mass is 9.79. The zero-order valence-corrected chi connectivity index (χ0v) is 26.6. The van der Waals surface area contributed by atoms with E-state index in [0.717, 1.165) is 57.8 Å². The fourth-order valence-corrected chi connectivity index (χ4v) is 6.72. The van der Waals surface area contributed by atoms with Crippen LogP contribution in [0, 0.1) is 10.8 Å². The number of ether oxygens (including phenoxy) is 3. The van der Waals surface area contributed by atoms with Gasteiger partial charge in [-0.2, -0.15) is 0 Å². The van der Waals surface area contributed by atoms with Crippen molar-refractivity contribution in [2.75, 3.05) is 13.2 Å². The highest BCUT2D eigenvalue weighted by molar-refractivity contribution is 5.83. The number of rotatable bonds is 16. The first-order chi connectivity index (χ1) is 19.5. The molecule has 1 heterocycles. The van der Waals surface area contributed by atoms with E-state index in [1.165, 1.54) is 44.9 Å². The second kappa shape index (κ2) is 15.7. The van der Waals surface area contributed by atoms with Crippen molar-refractivity contribution in [1.82, 2.24) is 10.6 Å². The van der Waals surface area contributed by atoms with E-state index in [0.29, 0.717) is 6.61 Å². The van der Waals surface area contributed by atoms with Crippen molar-refractivity contribution in [3.63, 3.8) is 0 Å². The van der Waals surface area contributed by atoms with Crippen molar-refractivity contribution in [1.29, 1.82) is 0 Å². The van der Waals surface area contributed by atoms with E-state index in [1.807, 2.05) is 13.8 Å². The molecule has 3 atom stereocenters. The van der Waals surface area contributed by atoms with E-state index >= 15 is 0 Å². The van der Waals surface area contributed by atoms with E-state index < -0.39 is 17.3 Å². The molecule has 3 rings (SSSR count). The standard InChI is InChI=1S/C33H58N2O6/c1-6-7-8-9-10-11-12-13-20-33(21-14-15-22-33)30(38)35-25-17-16-18-26(25)40-27(36)19-23-34-29(37)28-31(2,3)24-39-32(4,5)41-28/h25-26,28H,6-24H2,1-5H3,(H,34,37)(H,35,38). The maximum Gasteiger partial charge on any atom is 0.307 e. The van der Waals surface area contributed by atoms with Crippen LogP contribution < -0.4 is 10.6 Å². The van der Waals surface area contributed by atoms with Gasteiger partial charge >= 0.3 is 5.97 Å². The van der Waals surface area contributed by atoms with Crippen molar-refractivity contribution in [3.05, 3.63) is 0 Å². The molecule has 0 radical (unpaired) electrons. The Morgan fingerprint density at radius 1 is 0.878 bits per heavy atom. The van der Waals surface area contributed by atoms with E-state index in [4.69, 9.17) is 14.2 Å². The summed E-state index contributed by atoms with van der Waals surface area (Å²) in [7, 11) is 0. The Balaban J connectivity index is 1.40. The predicted octanol–water partition coefficient (Wildman–Crippen LogP) is 6.34. The second-order valence-corrected chi connectivity index (χ2v) is 14.0. The predicted molar refractivity (Wildman–Crippen MR) is 160 cm³/mol. The molecule has 2 N–H and O–H groups in total. The molecule has 2 saturated carbocycles. The molecular weight excluding hydrogens is 520 g/mol. The normalized spacial score (nSPS) is 26.4. The topological polar surface area (TPSA) is 103 Å². The average Bonchev–Trinajstić information content (AvgIpc) is 3.57. The number of hydrogen-bond acceptors (Lipinski definition) is 6. The molecule has 0 aromatic rings. The number of hydrogen-bond donors (Lipinski definition) is 2. The first-order valence-electron chi connectivity index (χ1n) is 16.6. The van der Waals surface area contributed by atoms with Gasteiger partial charge in [0.05, 0.1) is 19.1 Å². The fourth-order valence-electron chi connectivity index (χ4n) is 6.72. The highest BCUT2D eigenvalue weighted by Crippen LogP contribution is 2.43. The smallest absolute Gasteiger partial charge is 0.307 e. The van der Waals surface area contributed by atoms with Gasteiger partial charge in [0.1, 0.15) is 12.2 Å². The largest absolute Gasteiger partial charge is 0.460 e. The lowest BCUT2D eigenvalue weighted by Crippen LogP contribution is -2.56. The molecule has 0 spiro atoms. The van der Waals surface area contributed by atoms with E-state index in [-0.39, 0.29) is 48.3 Å². The molecule has 0 bridgehead atoms. The lowest BCUT2D eigenvalue weighted by molar-refractivity contribution is -0.304. The first-order valence-corrected chi connectivity index (χ1v) is 16.6. The Labute approximate surface area is 248 Å². The SMILES string of the molecule is CCCCCCCCCCC1(C(=O)NC2CCCC2OC(=O)CCNC(=O)C2OC(C)(C)OCC2(C)C)CCCC1. The zero-order chi connectivity index (χ0) is 29.9. The molecule has 3 unspecified atom stereocenters. The van der Waals surface area contributed by atoms with Crippen LogP contribution in [-0.4, -0.2) is 55.0 Å². The third-order valence-electron chi connectivity index (χ3n) is 9.37. The Hall–Kier alpha value is -1.67. The number of carbonyl (C=O) groups excluding carboxylic acids is 3. The minimum Gasteiger partial charge on any atom is -0.460 e. The van der Waals surface area contributed by atoms with Gasteiger partial charge < -0.3 is 24.8 Å². The van der Waals surface area contributed by atoms with Crippen LogP contribution in [0.3, 0.4) is 0 Å². The van der Waals surface area contributed by atoms with Crippen LogP contribution >= 0.6 is 0 Å². The molecule has 2 amide bonds. The lowest BCUT2D eigenvalue weighted by Gasteiger charge is -2.44. The number of amides is 2. The molecular formula is C33H58N2O6. The number of esters is 1. The van der Waals surface area contributed by atoms with Crippen LogP contribution in [0.5, 0.6) is 0 Å². The molecule has 8 nitrogen and oxygen atoms in total. The Kier molecular flexibility index (Phi) is 13.0. The Morgan fingerprint density at radius 3 is 2.22 bits per heavy atom. The summed E-state index contributed by atoms with van der Waals surface area (Å²) in [4.78, 5) is 39.1. The molecule has 41 heavy (non-hydrogen) atoms. The van der Waals surface area contributed by atoms with Gasteiger partial charge in [-0.15, -0.1) is 0 Å². The van der Waals surface area contributed by atoms with Gasteiger partial charge in [0, 0.05) is 17.4 Å². The van der Waals surface area contributed by atoms with Gasteiger partial charge in [0.25, 0.3) is 0 Å². The summed E-state index contributed by atoms with van der Waals surface area (Å²) in [6.45, 7) is 10.3. The van der Waals surface area contributed by atoms with Crippen LogP contribution in [0.4, 0.5) is 0 Å². The molecule has 236 valence electrons. The highest BCUT2D eigenvalue weighted by Gasteiger charge is 2.46. The second-order valence-electron chi connectivity index (χ2n) is 14.0. The van der Waals surface area contributed by atoms with Crippen LogP contribution in [0.2, 0.25) is 0 Å². The molecule has 1 saturated heterocycles. The van der Waals surface area contributed by atoms with Crippen molar-refractivity contribution >= 4 is 17.8 Å². The van der Waals surface area contributed by atoms with Crippen LogP contribution in [0.25, 0.3) is 0 Å². The van der Waals surface area contributed by atoms with Crippen molar-refractivity contribution < 1.29 is 28.6 Å². The summed E-state index contributed by atoms with van der Waals surface area (Å²) in [5.74, 6) is -1.26. The van der Waals surface area contributed by atoms with E-state index in [9.17, 15) is 14.4 Å². The van der Waals surface area contributed by atoms with Crippen molar-refractivity contribution in [3.8, 4) is 0 Å². The molecule has 3 aliphatic rings. The van der Waals surface area contributed by atoms with Gasteiger partial charge in [-0.25, -0.2) is 0 Å². The van der Waals surface area contributed by atoms with E-state index in [1.54, 1.807) is 13.8 Å². The quantitative estimate of drug-likeness (QED) is 0.164. The Morgan fingerprint density at radius 2 is 1.54 bits per heavy atom. The zero-order valence-electron chi connectivity index (χ0n) is 26.6. The van der Waals surface area contributed by atoms with Crippen molar-refractivity contribution in [2.24, 2.45) is 10.8 Å². The number of nitrogens with one attached hydrogen (secondary N) is 2. The van der Waals surface area contributed by atoms with Crippen LogP contribution in [0.1, 0.15) is 144 Å². The summed E-state index contributed by atoms with van der Waals surface area (Å²) in [5.41, 5.74) is -0.724.